The van der Waals surface area contributed by atoms with Crippen LogP contribution in [0.3, 0.4) is 0 Å². The number of carbonyl (C=O) groups is 1. The average Bonchev–Trinajstić information content (AvgIpc) is 2.46. The molecule has 0 aliphatic carbocycles. The second-order valence-corrected chi connectivity index (χ2v) is 5.03. The largest absolute Gasteiger partial charge is 0.508 e. The maximum atomic E-state index is 12.1. The minimum atomic E-state index is -0.657. The van der Waals surface area contributed by atoms with Gasteiger partial charge in [0.2, 0.25) is 0 Å². The van der Waals surface area contributed by atoms with Crippen LogP contribution in [0.4, 0.5) is 0 Å². The number of phenols is 3. The van der Waals surface area contributed by atoms with E-state index < -0.39 is 12.1 Å². The lowest BCUT2D eigenvalue weighted by molar-refractivity contribution is 0.0248. The van der Waals surface area contributed by atoms with Gasteiger partial charge in [-0.2, -0.15) is 0 Å². The van der Waals surface area contributed by atoms with Crippen LogP contribution < -0.4 is 4.74 Å². The molecule has 6 nitrogen and oxygen atoms in total. The average molecular weight is 302 g/mol. The summed E-state index contributed by atoms with van der Waals surface area (Å²) in [6, 6.07) is 7.20. The van der Waals surface area contributed by atoms with E-state index in [1.54, 1.807) is 12.1 Å². The standard InChI is InChI=1S/C16H14O6/c1-21-14-5-8(2-3-11(14)18)13-6-9-4-10(17)7-12(19)15(9)16(20)22-13/h2-5,7,13,17-19H,6H2,1H3. The summed E-state index contributed by atoms with van der Waals surface area (Å²) in [6.45, 7) is 0. The van der Waals surface area contributed by atoms with E-state index in [-0.39, 0.29) is 28.6 Å². The van der Waals surface area contributed by atoms with Gasteiger partial charge < -0.3 is 24.8 Å². The second kappa shape index (κ2) is 5.14. The molecule has 3 rings (SSSR count). The third-order valence-corrected chi connectivity index (χ3v) is 3.62. The van der Waals surface area contributed by atoms with E-state index in [9.17, 15) is 20.1 Å². The normalized spacial score (nSPS) is 16.8. The van der Waals surface area contributed by atoms with Crippen LogP contribution in [0.25, 0.3) is 0 Å². The molecule has 114 valence electrons. The Morgan fingerprint density at radius 2 is 1.91 bits per heavy atom. The van der Waals surface area contributed by atoms with Crippen LogP contribution in [-0.4, -0.2) is 28.4 Å². The maximum absolute atomic E-state index is 12.1. The van der Waals surface area contributed by atoms with E-state index in [0.29, 0.717) is 17.5 Å². The third-order valence-electron chi connectivity index (χ3n) is 3.62. The van der Waals surface area contributed by atoms with Gasteiger partial charge in [0.05, 0.1) is 7.11 Å². The van der Waals surface area contributed by atoms with E-state index in [0.717, 1.165) is 6.07 Å². The number of esters is 1. The Kier molecular flexibility index (Phi) is 3.29. The van der Waals surface area contributed by atoms with Crippen LogP contribution in [0.1, 0.15) is 27.6 Å². The molecule has 0 aromatic heterocycles. The van der Waals surface area contributed by atoms with Crippen LogP contribution >= 0.6 is 0 Å². The fourth-order valence-corrected chi connectivity index (χ4v) is 2.58. The lowest BCUT2D eigenvalue weighted by atomic mass is 9.93. The molecule has 1 heterocycles. The van der Waals surface area contributed by atoms with Gasteiger partial charge in [0.1, 0.15) is 23.2 Å². The van der Waals surface area contributed by atoms with Crippen LogP contribution in [-0.2, 0) is 11.2 Å². The number of phenolic OH excluding ortho intramolecular Hbond substituents is 3. The van der Waals surface area contributed by atoms with E-state index in [1.165, 1.54) is 19.2 Å². The van der Waals surface area contributed by atoms with Gasteiger partial charge in [-0.1, -0.05) is 6.07 Å². The molecule has 1 unspecified atom stereocenters. The molecule has 1 atom stereocenters. The molecule has 1 aliphatic rings. The molecule has 0 bridgehead atoms. The molecule has 0 fully saturated rings. The molecule has 2 aromatic carbocycles. The molecule has 0 saturated carbocycles. The van der Waals surface area contributed by atoms with Crippen LogP contribution in [0, 0.1) is 0 Å². The number of rotatable bonds is 2. The summed E-state index contributed by atoms with van der Waals surface area (Å²) in [5, 5.41) is 29.0. The first-order valence-corrected chi connectivity index (χ1v) is 6.62. The summed E-state index contributed by atoms with van der Waals surface area (Å²) in [5.41, 5.74) is 1.22. The Morgan fingerprint density at radius 1 is 1.14 bits per heavy atom. The second-order valence-electron chi connectivity index (χ2n) is 5.03. The molecule has 2 aromatic rings. The van der Waals surface area contributed by atoms with Crippen molar-refractivity contribution in [3.8, 4) is 23.0 Å². The number of methoxy groups -OCH3 is 1. The lowest BCUT2D eigenvalue weighted by Gasteiger charge is -2.26. The predicted octanol–water partition coefficient (Wildman–Crippen LogP) is 2.27. The summed E-state index contributed by atoms with van der Waals surface area (Å²) in [6.07, 6.45) is -0.285. The molecule has 0 saturated heterocycles. The number of carbonyl (C=O) groups excluding carboxylic acids is 1. The third kappa shape index (κ3) is 2.28. The fraction of sp³-hybridized carbons (Fsp3) is 0.188. The Hall–Kier alpha value is -2.89. The van der Waals surface area contributed by atoms with Crippen molar-refractivity contribution in [2.45, 2.75) is 12.5 Å². The zero-order valence-corrected chi connectivity index (χ0v) is 11.7. The Morgan fingerprint density at radius 3 is 2.64 bits per heavy atom. The van der Waals surface area contributed by atoms with Gasteiger partial charge in [0.25, 0.3) is 0 Å². The van der Waals surface area contributed by atoms with Gasteiger partial charge in [0.15, 0.2) is 11.5 Å². The molecular formula is C16H14O6. The van der Waals surface area contributed by atoms with Crippen molar-refractivity contribution in [2.75, 3.05) is 7.11 Å². The van der Waals surface area contributed by atoms with Crippen molar-refractivity contribution in [1.29, 1.82) is 0 Å². The zero-order valence-electron chi connectivity index (χ0n) is 11.7. The number of ether oxygens (including phenoxy) is 2. The first-order valence-electron chi connectivity index (χ1n) is 6.62. The minimum Gasteiger partial charge on any atom is -0.508 e. The van der Waals surface area contributed by atoms with Crippen LogP contribution in [0.5, 0.6) is 23.0 Å². The van der Waals surface area contributed by atoms with E-state index >= 15 is 0 Å². The Labute approximate surface area is 126 Å². The van der Waals surface area contributed by atoms with Gasteiger partial charge in [-0.25, -0.2) is 4.79 Å². The Bertz CT molecular complexity index is 753. The highest BCUT2D eigenvalue weighted by Gasteiger charge is 2.31. The zero-order chi connectivity index (χ0) is 15.9. The number of benzene rings is 2. The molecule has 22 heavy (non-hydrogen) atoms. The smallest absolute Gasteiger partial charge is 0.342 e. The lowest BCUT2D eigenvalue weighted by Crippen LogP contribution is -2.22. The van der Waals surface area contributed by atoms with E-state index in [2.05, 4.69) is 0 Å². The molecule has 3 N–H and O–H groups in total. The molecule has 1 aliphatic heterocycles. The number of hydrogen-bond donors (Lipinski definition) is 3. The van der Waals surface area contributed by atoms with E-state index in [4.69, 9.17) is 9.47 Å². The quantitative estimate of drug-likeness (QED) is 0.736. The van der Waals surface area contributed by atoms with Gasteiger partial charge in [-0.15, -0.1) is 0 Å². The van der Waals surface area contributed by atoms with Crippen LogP contribution in [0.15, 0.2) is 30.3 Å². The van der Waals surface area contributed by atoms with Crippen molar-refractivity contribution in [2.24, 2.45) is 0 Å². The SMILES string of the molecule is COc1cc(C2Cc3cc(O)cc(O)c3C(=O)O2)ccc1O. The molecular weight excluding hydrogens is 288 g/mol. The summed E-state index contributed by atoms with van der Waals surface area (Å²) in [4.78, 5) is 12.1. The maximum Gasteiger partial charge on any atom is 0.342 e. The van der Waals surface area contributed by atoms with Crippen molar-refractivity contribution in [1.82, 2.24) is 0 Å². The topological polar surface area (TPSA) is 96.2 Å². The number of hydrogen-bond acceptors (Lipinski definition) is 6. The molecule has 6 heteroatoms. The monoisotopic (exact) mass is 302 g/mol. The van der Waals surface area contributed by atoms with E-state index in [1.807, 2.05) is 0 Å². The summed E-state index contributed by atoms with van der Waals surface area (Å²) < 4.78 is 10.4. The van der Waals surface area contributed by atoms with Gasteiger partial charge in [-0.05, 0) is 29.3 Å². The van der Waals surface area contributed by atoms with Crippen molar-refractivity contribution in [3.05, 3.63) is 47.0 Å². The number of aromatic hydroxyl groups is 3. The highest BCUT2D eigenvalue weighted by molar-refractivity contribution is 5.95. The number of cyclic esters (lactones) is 1. The van der Waals surface area contributed by atoms with Crippen molar-refractivity contribution in [3.63, 3.8) is 0 Å². The van der Waals surface area contributed by atoms with Crippen molar-refractivity contribution >= 4 is 5.97 Å². The minimum absolute atomic E-state index is 0.0101. The fourth-order valence-electron chi connectivity index (χ4n) is 2.58. The highest BCUT2D eigenvalue weighted by Crippen LogP contribution is 2.38. The molecule has 0 spiro atoms. The highest BCUT2D eigenvalue weighted by atomic mass is 16.5. The van der Waals surface area contributed by atoms with Gasteiger partial charge >= 0.3 is 5.97 Å². The molecule has 0 amide bonds. The molecule has 0 radical (unpaired) electrons. The van der Waals surface area contributed by atoms with Gasteiger partial charge in [0, 0.05) is 12.5 Å². The summed E-state index contributed by atoms with van der Waals surface area (Å²) in [7, 11) is 1.43. The van der Waals surface area contributed by atoms with Crippen molar-refractivity contribution < 1.29 is 29.6 Å². The number of fused-ring (bicyclic) bond motifs is 1. The van der Waals surface area contributed by atoms with Gasteiger partial charge in [-0.3, -0.25) is 0 Å². The predicted molar refractivity (Wildman–Crippen MR) is 76.3 cm³/mol. The first-order chi connectivity index (χ1) is 10.5. The summed E-state index contributed by atoms with van der Waals surface area (Å²) in [5.74, 6) is -0.812. The van der Waals surface area contributed by atoms with Crippen LogP contribution in [0.2, 0.25) is 0 Å². The summed E-state index contributed by atoms with van der Waals surface area (Å²) >= 11 is 0. The Balaban J connectivity index is 2.00. The first kappa shape index (κ1) is 14.1.